The van der Waals surface area contributed by atoms with Crippen molar-refractivity contribution in [3.8, 4) is 17.2 Å². The van der Waals surface area contributed by atoms with Crippen molar-refractivity contribution in [1.29, 1.82) is 0 Å². The topological polar surface area (TPSA) is 129 Å². The third-order valence-electron chi connectivity index (χ3n) is 5.39. The molecular weight excluding hydrogens is 448 g/mol. The second-order valence-electron chi connectivity index (χ2n) is 7.88. The van der Waals surface area contributed by atoms with E-state index in [0.29, 0.717) is 28.4 Å². The van der Waals surface area contributed by atoms with Crippen LogP contribution in [0.4, 0.5) is 5.82 Å². The number of sulfone groups is 1. The van der Waals surface area contributed by atoms with Crippen LogP contribution in [-0.4, -0.2) is 36.8 Å². The molecule has 0 saturated carbocycles. The molecule has 0 aliphatic carbocycles. The summed E-state index contributed by atoms with van der Waals surface area (Å²) in [6.45, 7) is 2.18. The van der Waals surface area contributed by atoms with Crippen molar-refractivity contribution < 1.29 is 27.5 Å². The lowest BCUT2D eigenvalue weighted by Crippen LogP contribution is -2.35. The molecule has 33 heavy (non-hydrogen) atoms. The molecule has 0 atom stereocenters. The van der Waals surface area contributed by atoms with Crippen molar-refractivity contribution >= 4 is 27.5 Å². The fraction of sp³-hybridized carbons (Fsp3) is 0.227. The highest BCUT2D eigenvalue weighted by Gasteiger charge is 2.33. The standard InChI is InChI=1S/C22H20N4O6S/c1-13-2-5-15(6-3-13)26-20(16-10-33(29,30)11-17(16)25-26)24-22(28)21(27)23-9-14-4-7-18-19(8-14)32-12-31-18/h2-8H,9-12H2,1H3,(H,23,27)(H,24,28). The molecule has 11 heteroatoms. The SMILES string of the molecule is Cc1ccc(-n2nc3c(c2NC(=O)C(=O)NCc2ccc4c(c2)OCO4)CS(=O)(=O)C3)cc1. The quantitative estimate of drug-likeness (QED) is 0.557. The number of aryl methyl sites for hydroxylation is 1. The number of amides is 2. The smallest absolute Gasteiger partial charge is 0.314 e. The molecule has 170 valence electrons. The zero-order valence-electron chi connectivity index (χ0n) is 17.6. The van der Waals surface area contributed by atoms with Crippen LogP contribution in [0.15, 0.2) is 42.5 Å². The maximum Gasteiger partial charge on any atom is 0.314 e. The number of nitrogens with one attached hydrogen (secondary N) is 2. The van der Waals surface area contributed by atoms with E-state index in [4.69, 9.17) is 9.47 Å². The Morgan fingerprint density at radius 1 is 1.03 bits per heavy atom. The molecule has 2 amide bonds. The number of aromatic nitrogens is 2. The number of carbonyl (C=O) groups is 2. The number of rotatable bonds is 4. The third kappa shape index (κ3) is 4.14. The van der Waals surface area contributed by atoms with Gasteiger partial charge in [0.15, 0.2) is 21.3 Å². The van der Waals surface area contributed by atoms with Crippen LogP contribution in [-0.2, 0) is 37.5 Å². The largest absolute Gasteiger partial charge is 0.454 e. The van der Waals surface area contributed by atoms with Crippen molar-refractivity contribution in [3.63, 3.8) is 0 Å². The summed E-state index contributed by atoms with van der Waals surface area (Å²) in [7, 11) is -3.35. The van der Waals surface area contributed by atoms with E-state index in [1.807, 2.05) is 19.1 Å². The molecule has 3 aromatic rings. The van der Waals surface area contributed by atoms with Crippen molar-refractivity contribution in [1.82, 2.24) is 15.1 Å². The van der Waals surface area contributed by atoms with Gasteiger partial charge in [-0.15, -0.1) is 0 Å². The van der Waals surface area contributed by atoms with Crippen molar-refractivity contribution in [2.24, 2.45) is 0 Å². The van der Waals surface area contributed by atoms with Gasteiger partial charge in [0.2, 0.25) is 6.79 Å². The van der Waals surface area contributed by atoms with Gasteiger partial charge in [0.1, 0.15) is 5.82 Å². The van der Waals surface area contributed by atoms with Gasteiger partial charge in [-0.3, -0.25) is 9.59 Å². The van der Waals surface area contributed by atoms with Gasteiger partial charge in [-0.1, -0.05) is 23.8 Å². The summed E-state index contributed by atoms with van der Waals surface area (Å²) in [5.41, 5.74) is 3.18. The van der Waals surface area contributed by atoms with Gasteiger partial charge >= 0.3 is 11.8 Å². The highest BCUT2D eigenvalue weighted by Crippen LogP contribution is 2.33. The Hall–Kier alpha value is -3.86. The van der Waals surface area contributed by atoms with Crippen LogP contribution in [0.5, 0.6) is 11.5 Å². The first-order valence-corrected chi connectivity index (χ1v) is 12.0. The predicted octanol–water partition coefficient (Wildman–Crippen LogP) is 1.59. The Morgan fingerprint density at radius 2 is 1.79 bits per heavy atom. The molecule has 5 rings (SSSR count). The molecule has 2 N–H and O–H groups in total. The zero-order valence-corrected chi connectivity index (χ0v) is 18.4. The predicted molar refractivity (Wildman–Crippen MR) is 118 cm³/mol. The summed E-state index contributed by atoms with van der Waals surface area (Å²) in [6.07, 6.45) is 0. The van der Waals surface area contributed by atoms with Gasteiger partial charge in [0.25, 0.3) is 0 Å². The molecule has 10 nitrogen and oxygen atoms in total. The normalized spacial score (nSPS) is 15.2. The molecule has 0 radical (unpaired) electrons. The maximum atomic E-state index is 12.7. The number of hydrogen-bond donors (Lipinski definition) is 2. The number of hydrogen-bond acceptors (Lipinski definition) is 7. The van der Waals surface area contributed by atoms with E-state index in [9.17, 15) is 18.0 Å². The maximum absolute atomic E-state index is 12.7. The van der Waals surface area contributed by atoms with Crippen LogP contribution in [0.25, 0.3) is 5.69 Å². The third-order valence-corrected chi connectivity index (χ3v) is 6.84. The minimum atomic E-state index is -3.35. The van der Waals surface area contributed by atoms with Crippen LogP contribution in [0, 0.1) is 6.92 Å². The van der Waals surface area contributed by atoms with Gasteiger partial charge in [-0.2, -0.15) is 5.10 Å². The average Bonchev–Trinajstić information content (AvgIpc) is 3.45. The molecule has 3 heterocycles. The molecule has 2 aliphatic heterocycles. The van der Waals surface area contributed by atoms with Gasteiger partial charge in [0.05, 0.1) is 22.9 Å². The van der Waals surface area contributed by atoms with Crippen molar-refractivity contribution in [3.05, 3.63) is 64.8 Å². The minimum Gasteiger partial charge on any atom is -0.454 e. The summed E-state index contributed by atoms with van der Waals surface area (Å²) >= 11 is 0. The van der Waals surface area contributed by atoms with E-state index in [1.54, 1.807) is 30.3 Å². The monoisotopic (exact) mass is 468 g/mol. The Bertz CT molecular complexity index is 1380. The molecule has 0 saturated heterocycles. The number of carbonyl (C=O) groups excluding carboxylic acids is 2. The zero-order chi connectivity index (χ0) is 23.2. The second kappa shape index (κ2) is 7.93. The Balaban J connectivity index is 1.35. The first kappa shape index (κ1) is 21.0. The number of nitrogens with zero attached hydrogens (tertiary/aromatic N) is 2. The van der Waals surface area contributed by atoms with E-state index in [1.165, 1.54) is 4.68 Å². The Labute approximate surface area is 189 Å². The molecule has 1 aromatic heterocycles. The van der Waals surface area contributed by atoms with Crippen LogP contribution >= 0.6 is 0 Å². The minimum absolute atomic E-state index is 0.104. The van der Waals surface area contributed by atoms with Gasteiger partial charge < -0.3 is 20.1 Å². The number of ether oxygens (including phenoxy) is 2. The molecule has 2 aliphatic rings. The van der Waals surface area contributed by atoms with Crippen molar-refractivity contribution in [2.45, 2.75) is 25.0 Å². The lowest BCUT2D eigenvalue weighted by molar-refractivity contribution is -0.136. The second-order valence-corrected chi connectivity index (χ2v) is 9.94. The summed E-state index contributed by atoms with van der Waals surface area (Å²) in [4.78, 5) is 25.1. The van der Waals surface area contributed by atoms with Gasteiger partial charge in [-0.25, -0.2) is 13.1 Å². The first-order chi connectivity index (χ1) is 15.8. The molecule has 2 aromatic carbocycles. The summed E-state index contributed by atoms with van der Waals surface area (Å²) in [5, 5.41) is 9.51. The van der Waals surface area contributed by atoms with Crippen LogP contribution < -0.4 is 20.1 Å². The number of benzene rings is 2. The Morgan fingerprint density at radius 3 is 2.58 bits per heavy atom. The van der Waals surface area contributed by atoms with E-state index >= 15 is 0 Å². The van der Waals surface area contributed by atoms with E-state index in [0.717, 1.165) is 11.1 Å². The van der Waals surface area contributed by atoms with E-state index in [2.05, 4.69) is 15.7 Å². The molecule has 0 spiro atoms. The summed E-state index contributed by atoms with van der Waals surface area (Å²) in [5.74, 6) is -0.864. The highest BCUT2D eigenvalue weighted by atomic mass is 32.2. The highest BCUT2D eigenvalue weighted by molar-refractivity contribution is 7.90. The Kier molecular flexibility index (Phi) is 5.05. The lowest BCUT2D eigenvalue weighted by atomic mass is 10.2. The van der Waals surface area contributed by atoms with E-state index in [-0.39, 0.29) is 30.7 Å². The molecule has 0 unspecified atom stereocenters. The summed E-state index contributed by atoms with van der Waals surface area (Å²) < 4.78 is 36.2. The van der Waals surface area contributed by atoms with Crippen molar-refractivity contribution in [2.75, 3.05) is 12.1 Å². The molecule has 0 bridgehead atoms. The summed E-state index contributed by atoms with van der Waals surface area (Å²) in [6, 6.07) is 12.6. The van der Waals surface area contributed by atoms with Crippen LogP contribution in [0.3, 0.4) is 0 Å². The van der Waals surface area contributed by atoms with Crippen LogP contribution in [0.2, 0.25) is 0 Å². The number of fused-ring (bicyclic) bond motifs is 2. The average molecular weight is 468 g/mol. The molecular formula is C22H20N4O6S. The van der Waals surface area contributed by atoms with Crippen LogP contribution in [0.1, 0.15) is 22.4 Å². The lowest BCUT2D eigenvalue weighted by Gasteiger charge is -2.11. The fourth-order valence-corrected chi connectivity index (χ4v) is 5.22. The molecule has 0 fully saturated rings. The fourth-order valence-electron chi connectivity index (χ4n) is 3.72. The van der Waals surface area contributed by atoms with E-state index < -0.39 is 21.7 Å². The van der Waals surface area contributed by atoms with Gasteiger partial charge in [0, 0.05) is 12.1 Å². The first-order valence-electron chi connectivity index (χ1n) is 10.1. The number of anilines is 1. The van der Waals surface area contributed by atoms with Gasteiger partial charge in [-0.05, 0) is 36.8 Å².